The van der Waals surface area contributed by atoms with Crippen LogP contribution in [-0.2, 0) is 0 Å². The molecule has 0 amide bonds. The topological polar surface area (TPSA) is 80.5 Å². The number of nitrogens with two attached hydrogens (primary N) is 1. The number of hydrogen-bond donors (Lipinski definition) is 2. The Bertz CT molecular complexity index is 1210. The molecule has 0 bridgehead atoms. The maximum atomic E-state index is 5.83. The van der Waals surface area contributed by atoms with Crippen molar-refractivity contribution in [1.82, 2.24) is 20.2 Å². The Labute approximate surface area is 137 Å². The molecular weight excluding hydrogens is 298 g/mol. The van der Waals surface area contributed by atoms with Crippen LogP contribution in [0.15, 0.2) is 60.9 Å². The van der Waals surface area contributed by atoms with E-state index in [-0.39, 0.29) is 0 Å². The third-order valence-corrected chi connectivity index (χ3v) is 4.33. The second-order valence-electron chi connectivity index (χ2n) is 5.78. The summed E-state index contributed by atoms with van der Waals surface area (Å²) in [5, 5.41) is 11.4. The van der Waals surface area contributed by atoms with Crippen molar-refractivity contribution in [3.05, 3.63) is 60.9 Å². The van der Waals surface area contributed by atoms with E-state index in [1.807, 2.05) is 54.9 Å². The summed E-state index contributed by atoms with van der Waals surface area (Å²) in [6, 6.07) is 15.9. The second-order valence-corrected chi connectivity index (χ2v) is 5.78. The largest absolute Gasteiger partial charge is 0.399 e. The van der Waals surface area contributed by atoms with Crippen molar-refractivity contribution < 1.29 is 0 Å². The Morgan fingerprint density at radius 3 is 2.54 bits per heavy atom. The molecule has 0 radical (unpaired) electrons. The summed E-state index contributed by atoms with van der Waals surface area (Å²) >= 11 is 0. The third kappa shape index (κ3) is 1.78. The minimum Gasteiger partial charge on any atom is -0.399 e. The van der Waals surface area contributed by atoms with Gasteiger partial charge in [-0.05, 0) is 18.2 Å². The Hall–Kier alpha value is -3.47. The molecule has 0 saturated carbocycles. The normalized spacial score (nSPS) is 11.5. The molecule has 5 nitrogen and oxygen atoms in total. The van der Waals surface area contributed by atoms with Gasteiger partial charge in [0, 0.05) is 39.0 Å². The van der Waals surface area contributed by atoms with Gasteiger partial charge in [-0.25, -0.2) is 9.97 Å². The smallest absolute Gasteiger partial charge is 0.154 e. The van der Waals surface area contributed by atoms with Crippen LogP contribution in [-0.4, -0.2) is 20.2 Å². The molecule has 0 spiro atoms. The molecule has 114 valence electrons. The van der Waals surface area contributed by atoms with E-state index >= 15 is 0 Å². The minimum atomic E-state index is 0.733. The number of nitrogens with one attached hydrogen (secondary N) is 1. The monoisotopic (exact) mass is 311 g/mol. The average molecular weight is 311 g/mol. The fraction of sp³-hybridized carbons (Fsp3) is 0. The maximum Gasteiger partial charge on any atom is 0.154 e. The number of H-pyrrole nitrogens is 1. The molecule has 3 aromatic heterocycles. The minimum absolute atomic E-state index is 0.733. The molecule has 2 aromatic carbocycles. The van der Waals surface area contributed by atoms with E-state index in [4.69, 9.17) is 10.7 Å². The highest BCUT2D eigenvalue weighted by Gasteiger charge is 2.14. The van der Waals surface area contributed by atoms with Crippen LogP contribution in [0, 0.1) is 0 Å². The van der Waals surface area contributed by atoms with Gasteiger partial charge < -0.3 is 5.73 Å². The van der Waals surface area contributed by atoms with E-state index in [0.717, 1.165) is 49.7 Å². The molecular formula is C19H13N5. The first-order chi connectivity index (χ1) is 11.8. The zero-order chi connectivity index (χ0) is 16.1. The first-order valence-electron chi connectivity index (χ1n) is 7.68. The highest BCUT2D eigenvalue weighted by molar-refractivity contribution is 6.19. The van der Waals surface area contributed by atoms with Crippen molar-refractivity contribution in [3.8, 4) is 11.3 Å². The molecule has 0 saturated heterocycles. The lowest BCUT2D eigenvalue weighted by Gasteiger charge is -2.01. The Kier molecular flexibility index (Phi) is 2.58. The molecule has 0 atom stereocenters. The number of aromatic amines is 1. The van der Waals surface area contributed by atoms with E-state index in [0.29, 0.717) is 0 Å². The van der Waals surface area contributed by atoms with E-state index < -0.39 is 0 Å². The quantitative estimate of drug-likeness (QED) is 0.460. The van der Waals surface area contributed by atoms with Crippen LogP contribution in [0.4, 0.5) is 5.69 Å². The van der Waals surface area contributed by atoms with Crippen molar-refractivity contribution in [1.29, 1.82) is 0 Å². The van der Waals surface area contributed by atoms with Gasteiger partial charge in [-0.1, -0.05) is 30.3 Å². The van der Waals surface area contributed by atoms with Gasteiger partial charge in [0.1, 0.15) is 0 Å². The van der Waals surface area contributed by atoms with Crippen LogP contribution in [0.3, 0.4) is 0 Å². The van der Waals surface area contributed by atoms with Crippen LogP contribution in [0.1, 0.15) is 0 Å². The first kappa shape index (κ1) is 13.0. The summed E-state index contributed by atoms with van der Waals surface area (Å²) in [7, 11) is 0. The number of rotatable bonds is 1. The van der Waals surface area contributed by atoms with E-state index in [9.17, 15) is 0 Å². The summed E-state index contributed by atoms with van der Waals surface area (Å²) in [5.41, 5.74) is 10.2. The summed E-state index contributed by atoms with van der Waals surface area (Å²) in [6.07, 6.45) is 3.70. The summed E-state index contributed by atoms with van der Waals surface area (Å²) in [6.45, 7) is 0. The van der Waals surface area contributed by atoms with Crippen LogP contribution in [0.25, 0.3) is 44.0 Å². The van der Waals surface area contributed by atoms with Gasteiger partial charge in [0.25, 0.3) is 0 Å². The van der Waals surface area contributed by atoms with Crippen LogP contribution in [0.2, 0.25) is 0 Å². The fourth-order valence-electron chi connectivity index (χ4n) is 3.19. The molecule has 3 N–H and O–H groups in total. The van der Waals surface area contributed by atoms with Gasteiger partial charge in [-0.2, -0.15) is 5.10 Å². The van der Waals surface area contributed by atoms with Crippen molar-refractivity contribution >= 4 is 38.4 Å². The molecule has 24 heavy (non-hydrogen) atoms. The Morgan fingerprint density at radius 2 is 1.67 bits per heavy atom. The standard InChI is InChI=1S/C19H13N5/c20-12-7-5-11(6-8-12)18-15-9-21-19-17(15)14(10-22-24-19)13-3-1-2-4-16(13)23-18/h1-10H,20H2,(H,21,24). The summed E-state index contributed by atoms with van der Waals surface area (Å²) in [5.74, 6) is 0. The predicted molar refractivity (Wildman–Crippen MR) is 96.5 cm³/mol. The number of benzene rings is 2. The van der Waals surface area contributed by atoms with E-state index in [1.54, 1.807) is 0 Å². The molecule has 0 aliphatic heterocycles. The summed E-state index contributed by atoms with van der Waals surface area (Å²) < 4.78 is 0. The van der Waals surface area contributed by atoms with Crippen molar-refractivity contribution in [3.63, 3.8) is 0 Å². The van der Waals surface area contributed by atoms with Gasteiger partial charge in [0.05, 0.1) is 17.4 Å². The van der Waals surface area contributed by atoms with Gasteiger partial charge in [-0.15, -0.1) is 0 Å². The third-order valence-electron chi connectivity index (χ3n) is 4.33. The van der Waals surface area contributed by atoms with Gasteiger partial charge in [0.15, 0.2) is 5.65 Å². The molecule has 0 fully saturated rings. The lowest BCUT2D eigenvalue weighted by Crippen LogP contribution is -1.85. The lowest BCUT2D eigenvalue weighted by atomic mass is 10.1. The molecule has 0 unspecified atom stereocenters. The predicted octanol–water partition coefficient (Wildman–Crippen LogP) is 3.91. The molecule has 5 heteroatoms. The van der Waals surface area contributed by atoms with E-state index in [2.05, 4.69) is 21.2 Å². The van der Waals surface area contributed by atoms with Gasteiger partial charge in [0.2, 0.25) is 0 Å². The maximum absolute atomic E-state index is 5.83. The molecule has 3 heterocycles. The van der Waals surface area contributed by atoms with Crippen molar-refractivity contribution in [2.45, 2.75) is 0 Å². The molecule has 5 aromatic rings. The average Bonchev–Trinajstić information content (AvgIpc) is 2.98. The number of para-hydroxylation sites is 1. The SMILES string of the molecule is Nc1ccc(-c2nc3ccccc3c3cn[nH]c4ncc2c43)cc1. The van der Waals surface area contributed by atoms with Crippen LogP contribution >= 0.6 is 0 Å². The molecule has 5 rings (SSSR count). The van der Waals surface area contributed by atoms with Crippen LogP contribution < -0.4 is 5.73 Å². The van der Waals surface area contributed by atoms with Gasteiger partial charge >= 0.3 is 0 Å². The zero-order valence-electron chi connectivity index (χ0n) is 12.7. The first-order valence-corrected chi connectivity index (χ1v) is 7.68. The van der Waals surface area contributed by atoms with Crippen LogP contribution in [0.5, 0.6) is 0 Å². The zero-order valence-corrected chi connectivity index (χ0v) is 12.7. The summed E-state index contributed by atoms with van der Waals surface area (Å²) in [4.78, 5) is 9.42. The Morgan fingerprint density at radius 1 is 0.833 bits per heavy atom. The molecule has 0 aliphatic rings. The highest BCUT2D eigenvalue weighted by Crippen LogP contribution is 2.34. The number of fused-ring (bicyclic) bond motifs is 2. The van der Waals surface area contributed by atoms with Crippen molar-refractivity contribution in [2.24, 2.45) is 0 Å². The fourth-order valence-corrected chi connectivity index (χ4v) is 3.19. The van der Waals surface area contributed by atoms with Gasteiger partial charge in [-0.3, -0.25) is 5.10 Å². The molecule has 0 aliphatic carbocycles. The number of nitrogens with zero attached hydrogens (tertiary/aromatic N) is 3. The number of aromatic nitrogens is 4. The second kappa shape index (κ2) is 4.76. The van der Waals surface area contributed by atoms with Crippen molar-refractivity contribution in [2.75, 3.05) is 5.73 Å². The number of anilines is 1. The highest BCUT2D eigenvalue weighted by atomic mass is 15.1. The lowest BCUT2D eigenvalue weighted by molar-refractivity contribution is 1.07. The Balaban J connectivity index is 2.05. The van der Waals surface area contributed by atoms with E-state index in [1.165, 1.54) is 0 Å². The number of nitrogen functional groups attached to an aromatic ring is 1. The number of hydrogen-bond acceptors (Lipinski definition) is 4.